The van der Waals surface area contributed by atoms with Gasteiger partial charge in [-0.2, -0.15) is 0 Å². The summed E-state index contributed by atoms with van der Waals surface area (Å²) in [5, 5.41) is 11.7. The van der Waals surface area contributed by atoms with Gasteiger partial charge < -0.3 is 15.3 Å². The van der Waals surface area contributed by atoms with Crippen molar-refractivity contribution >= 4 is 23.8 Å². The molecule has 2 fully saturated rings. The zero-order valence-corrected chi connectivity index (χ0v) is 12.0. The van der Waals surface area contributed by atoms with E-state index in [9.17, 15) is 24.3 Å². The van der Waals surface area contributed by atoms with Crippen molar-refractivity contribution in [2.45, 2.75) is 38.3 Å². The van der Waals surface area contributed by atoms with E-state index in [1.165, 1.54) is 11.9 Å². The highest BCUT2D eigenvalue weighted by atomic mass is 16.4. The van der Waals surface area contributed by atoms with Crippen molar-refractivity contribution in [2.75, 3.05) is 13.6 Å². The lowest BCUT2D eigenvalue weighted by atomic mass is 10.0. The molecule has 8 heteroatoms. The fourth-order valence-electron chi connectivity index (χ4n) is 2.83. The van der Waals surface area contributed by atoms with Crippen molar-refractivity contribution in [1.82, 2.24) is 15.1 Å². The molecule has 8 nitrogen and oxygen atoms in total. The van der Waals surface area contributed by atoms with Gasteiger partial charge in [0.05, 0.1) is 0 Å². The van der Waals surface area contributed by atoms with E-state index in [0.29, 0.717) is 13.0 Å². The van der Waals surface area contributed by atoms with Gasteiger partial charge in [-0.05, 0) is 18.8 Å². The van der Waals surface area contributed by atoms with Crippen LogP contribution >= 0.6 is 0 Å². The van der Waals surface area contributed by atoms with Gasteiger partial charge in [-0.3, -0.25) is 14.5 Å². The van der Waals surface area contributed by atoms with E-state index >= 15 is 0 Å². The SMILES string of the molecule is CC1CCN(C(=O)NC2CCC(=O)N(C)C2=O)C1C(=O)O. The molecule has 3 atom stereocenters. The number of carboxylic acid groups (broad SMARTS) is 1. The van der Waals surface area contributed by atoms with Crippen molar-refractivity contribution in [3.05, 3.63) is 0 Å². The van der Waals surface area contributed by atoms with E-state index < -0.39 is 30.0 Å². The number of nitrogens with zero attached hydrogens (tertiary/aromatic N) is 2. The Hall–Kier alpha value is -2.12. The van der Waals surface area contributed by atoms with Gasteiger partial charge in [0.15, 0.2) is 0 Å². The molecule has 2 heterocycles. The van der Waals surface area contributed by atoms with E-state index in [4.69, 9.17) is 0 Å². The van der Waals surface area contributed by atoms with Crippen LogP contribution < -0.4 is 5.32 Å². The molecule has 0 bridgehead atoms. The van der Waals surface area contributed by atoms with Crippen LogP contribution in [0.25, 0.3) is 0 Å². The number of aliphatic carboxylic acids is 1. The third-order valence-corrected chi connectivity index (χ3v) is 4.16. The molecule has 3 unspecified atom stereocenters. The predicted molar refractivity (Wildman–Crippen MR) is 71.2 cm³/mol. The highest BCUT2D eigenvalue weighted by Crippen LogP contribution is 2.24. The second-order valence-corrected chi connectivity index (χ2v) is 5.57. The molecular weight excluding hydrogens is 278 g/mol. The molecule has 0 saturated carbocycles. The number of piperidine rings is 1. The predicted octanol–water partition coefficient (Wildman–Crippen LogP) is -0.362. The number of likely N-dealkylation sites (N-methyl/N-ethyl adjacent to an activating group) is 1. The topological polar surface area (TPSA) is 107 Å². The van der Waals surface area contributed by atoms with Crippen molar-refractivity contribution in [3.63, 3.8) is 0 Å². The maximum Gasteiger partial charge on any atom is 0.326 e. The van der Waals surface area contributed by atoms with Crippen LogP contribution in [-0.4, -0.2) is 64.4 Å². The smallest absolute Gasteiger partial charge is 0.326 e. The lowest BCUT2D eigenvalue weighted by Gasteiger charge is -2.31. The monoisotopic (exact) mass is 297 g/mol. The molecule has 21 heavy (non-hydrogen) atoms. The average molecular weight is 297 g/mol. The molecule has 2 aliphatic rings. The molecule has 0 aliphatic carbocycles. The Labute approximate surface area is 122 Å². The molecular formula is C13H19N3O5. The highest BCUT2D eigenvalue weighted by Gasteiger charge is 2.41. The van der Waals surface area contributed by atoms with Gasteiger partial charge in [-0.25, -0.2) is 9.59 Å². The zero-order chi connectivity index (χ0) is 15.7. The average Bonchev–Trinajstić information content (AvgIpc) is 2.81. The van der Waals surface area contributed by atoms with Gasteiger partial charge in [0.1, 0.15) is 12.1 Å². The first-order chi connectivity index (χ1) is 9.82. The minimum Gasteiger partial charge on any atom is -0.480 e. The summed E-state index contributed by atoms with van der Waals surface area (Å²) in [5.74, 6) is -1.90. The fourth-order valence-corrected chi connectivity index (χ4v) is 2.83. The molecule has 2 aliphatic heterocycles. The highest BCUT2D eigenvalue weighted by molar-refractivity contribution is 6.01. The van der Waals surface area contributed by atoms with Crippen LogP contribution in [0.5, 0.6) is 0 Å². The Bertz CT molecular complexity index is 492. The first kappa shape index (κ1) is 15.3. The van der Waals surface area contributed by atoms with E-state index in [1.54, 1.807) is 6.92 Å². The van der Waals surface area contributed by atoms with Crippen molar-refractivity contribution < 1.29 is 24.3 Å². The van der Waals surface area contributed by atoms with Gasteiger partial charge in [-0.1, -0.05) is 6.92 Å². The minimum absolute atomic E-state index is 0.125. The third-order valence-electron chi connectivity index (χ3n) is 4.16. The number of carbonyl (C=O) groups is 4. The van der Waals surface area contributed by atoms with Crippen LogP contribution in [-0.2, 0) is 14.4 Å². The van der Waals surface area contributed by atoms with Crippen LogP contribution in [0.2, 0.25) is 0 Å². The van der Waals surface area contributed by atoms with Crippen LogP contribution in [0.4, 0.5) is 4.79 Å². The van der Waals surface area contributed by atoms with Gasteiger partial charge in [0, 0.05) is 20.0 Å². The maximum absolute atomic E-state index is 12.2. The Balaban J connectivity index is 2.03. The van der Waals surface area contributed by atoms with Gasteiger partial charge in [-0.15, -0.1) is 0 Å². The van der Waals surface area contributed by atoms with E-state index in [0.717, 1.165) is 4.90 Å². The lowest BCUT2D eigenvalue weighted by Crippen LogP contribution is -2.57. The van der Waals surface area contributed by atoms with E-state index in [2.05, 4.69) is 5.32 Å². The largest absolute Gasteiger partial charge is 0.480 e. The van der Waals surface area contributed by atoms with E-state index in [1.807, 2.05) is 0 Å². The summed E-state index contributed by atoms with van der Waals surface area (Å²) < 4.78 is 0. The third kappa shape index (κ3) is 2.84. The molecule has 0 spiro atoms. The number of hydrogen-bond donors (Lipinski definition) is 2. The number of rotatable bonds is 2. The fraction of sp³-hybridized carbons (Fsp3) is 0.692. The first-order valence-corrected chi connectivity index (χ1v) is 6.93. The van der Waals surface area contributed by atoms with Crippen LogP contribution in [0.3, 0.4) is 0 Å². The molecule has 0 aromatic heterocycles. The number of urea groups is 1. The molecule has 2 saturated heterocycles. The molecule has 0 aromatic carbocycles. The summed E-state index contributed by atoms with van der Waals surface area (Å²) in [4.78, 5) is 49.0. The number of carboxylic acids is 1. The quantitative estimate of drug-likeness (QED) is 0.677. The molecule has 2 N–H and O–H groups in total. The maximum atomic E-state index is 12.2. The Morgan fingerprint density at radius 2 is 1.95 bits per heavy atom. The summed E-state index contributed by atoms with van der Waals surface area (Å²) in [6.07, 6.45) is 1.04. The van der Waals surface area contributed by atoms with Gasteiger partial charge in [0.25, 0.3) is 5.91 Å². The molecule has 0 aromatic rings. The second kappa shape index (κ2) is 5.71. The number of hydrogen-bond acceptors (Lipinski definition) is 4. The van der Waals surface area contributed by atoms with Crippen molar-refractivity contribution in [1.29, 1.82) is 0 Å². The molecule has 0 radical (unpaired) electrons. The number of likely N-dealkylation sites (tertiary alicyclic amines) is 2. The van der Waals surface area contributed by atoms with Crippen LogP contribution in [0, 0.1) is 5.92 Å². The first-order valence-electron chi connectivity index (χ1n) is 6.93. The zero-order valence-electron chi connectivity index (χ0n) is 12.0. The number of amides is 4. The van der Waals surface area contributed by atoms with Crippen LogP contribution in [0.15, 0.2) is 0 Å². The molecule has 4 amide bonds. The van der Waals surface area contributed by atoms with Gasteiger partial charge >= 0.3 is 12.0 Å². The van der Waals surface area contributed by atoms with Gasteiger partial charge in [0.2, 0.25) is 5.91 Å². The second-order valence-electron chi connectivity index (χ2n) is 5.57. The summed E-state index contributed by atoms with van der Waals surface area (Å²) in [7, 11) is 1.38. The number of imide groups is 1. The standard InChI is InChI=1S/C13H19N3O5/c1-7-5-6-16(10(7)12(19)20)13(21)14-8-3-4-9(17)15(2)11(8)18/h7-8,10H,3-6H2,1-2H3,(H,14,21)(H,19,20). The lowest BCUT2D eigenvalue weighted by molar-refractivity contribution is -0.147. The summed E-state index contributed by atoms with van der Waals surface area (Å²) in [5.41, 5.74) is 0. The molecule has 2 rings (SSSR count). The number of carbonyl (C=O) groups excluding carboxylic acids is 3. The molecule has 116 valence electrons. The Morgan fingerprint density at radius 1 is 1.29 bits per heavy atom. The van der Waals surface area contributed by atoms with Crippen molar-refractivity contribution in [3.8, 4) is 0 Å². The Morgan fingerprint density at radius 3 is 2.57 bits per heavy atom. The van der Waals surface area contributed by atoms with Crippen molar-refractivity contribution in [2.24, 2.45) is 5.92 Å². The number of nitrogens with one attached hydrogen (secondary N) is 1. The normalized spacial score (nSPS) is 29.7. The van der Waals surface area contributed by atoms with E-state index in [-0.39, 0.29) is 24.7 Å². The summed E-state index contributed by atoms with van der Waals surface area (Å²) in [6.45, 7) is 2.13. The van der Waals surface area contributed by atoms with Crippen LogP contribution in [0.1, 0.15) is 26.2 Å². The summed E-state index contributed by atoms with van der Waals surface area (Å²) in [6, 6.07) is -2.21. The summed E-state index contributed by atoms with van der Waals surface area (Å²) >= 11 is 0. The minimum atomic E-state index is -1.04. The Kier molecular flexibility index (Phi) is 4.15.